The normalized spacial score (nSPS) is 13.9. The number of hydrogen-bond acceptors (Lipinski definition) is 3. The third kappa shape index (κ3) is 5.30. The SMILES string of the molecule is CC(C)C(C)NC(=O)CC(NC(N)=O)c1cccs1. The van der Waals surface area contributed by atoms with Gasteiger partial charge >= 0.3 is 6.03 Å². The smallest absolute Gasteiger partial charge is 0.312 e. The molecular formula is C13H21N3O2S. The van der Waals surface area contributed by atoms with Crippen molar-refractivity contribution in [2.24, 2.45) is 11.7 Å². The van der Waals surface area contributed by atoms with Gasteiger partial charge in [-0.15, -0.1) is 11.3 Å². The fraction of sp³-hybridized carbons (Fsp3) is 0.538. The molecule has 0 bridgehead atoms. The number of amides is 3. The van der Waals surface area contributed by atoms with Crippen LogP contribution in [-0.4, -0.2) is 18.0 Å². The maximum atomic E-state index is 11.9. The lowest BCUT2D eigenvalue weighted by atomic mass is 10.1. The number of carbonyl (C=O) groups is 2. The van der Waals surface area contributed by atoms with Gasteiger partial charge in [-0.05, 0) is 24.3 Å². The van der Waals surface area contributed by atoms with Gasteiger partial charge in [-0.25, -0.2) is 4.79 Å². The highest BCUT2D eigenvalue weighted by molar-refractivity contribution is 7.10. The Morgan fingerprint density at radius 3 is 2.47 bits per heavy atom. The summed E-state index contributed by atoms with van der Waals surface area (Å²) in [6.45, 7) is 6.05. The lowest BCUT2D eigenvalue weighted by Crippen LogP contribution is -2.40. The molecule has 1 heterocycles. The summed E-state index contributed by atoms with van der Waals surface area (Å²) in [7, 11) is 0. The molecule has 0 aromatic carbocycles. The van der Waals surface area contributed by atoms with E-state index in [4.69, 9.17) is 5.73 Å². The van der Waals surface area contributed by atoms with Crippen LogP contribution in [0.1, 0.15) is 38.1 Å². The molecule has 0 fully saturated rings. The van der Waals surface area contributed by atoms with E-state index in [9.17, 15) is 9.59 Å². The maximum absolute atomic E-state index is 11.9. The van der Waals surface area contributed by atoms with E-state index in [0.717, 1.165) is 4.88 Å². The standard InChI is InChI=1S/C13H21N3O2S/c1-8(2)9(3)15-12(17)7-10(16-13(14)18)11-5-4-6-19-11/h4-6,8-10H,7H2,1-3H3,(H,15,17)(H3,14,16,18). The molecule has 2 atom stereocenters. The van der Waals surface area contributed by atoms with E-state index in [2.05, 4.69) is 10.6 Å². The average molecular weight is 283 g/mol. The molecule has 0 spiro atoms. The minimum Gasteiger partial charge on any atom is -0.353 e. The van der Waals surface area contributed by atoms with Crippen LogP contribution in [0.15, 0.2) is 17.5 Å². The molecule has 4 N–H and O–H groups in total. The van der Waals surface area contributed by atoms with Crippen LogP contribution in [0.5, 0.6) is 0 Å². The van der Waals surface area contributed by atoms with Gasteiger partial charge in [0, 0.05) is 10.9 Å². The summed E-state index contributed by atoms with van der Waals surface area (Å²) >= 11 is 1.49. The fourth-order valence-corrected chi connectivity index (χ4v) is 2.33. The van der Waals surface area contributed by atoms with Crippen molar-refractivity contribution in [1.29, 1.82) is 0 Å². The first-order chi connectivity index (χ1) is 8.90. The minimum absolute atomic E-state index is 0.0895. The molecule has 0 saturated heterocycles. The monoisotopic (exact) mass is 283 g/mol. The third-order valence-corrected chi connectivity index (χ3v) is 3.97. The highest BCUT2D eigenvalue weighted by atomic mass is 32.1. The molecule has 0 aliphatic rings. The molecule has 0 aliphatic heterocycles. The van der Waals surface area contributed by atoms with Gasteiger partial charge < -0.3 is 16.4 Å². The maximum Gasteiger partial charge on any atom is 0.312 e. The van der Waals surface area contributed by atoms with Crippen molar-refractivity contribution in [1.82, 2.24) is 10.6 Å². The number of nitrogens with two attached hydrogens (primary N) is 1. The second-order valence-electron chi connectivity index (χ2n) is 4.88. The van der Waals surface area contributed by atoms with Crippen LogP contribution in [0.4, 0.5) is 4.79 Å². The number of thiophene rings is 1. The Balaban J connectivity index is 2.63. The second-order valence-corrected chi connectivity index (χ2v) is 5.86. The molecule has 1 aromatic heterocycles. The summed E-state index contributed by atoms with van der Waals surface area (Å²) in [5, 5.41) is 7.43. The summed E-state index contributed by atoms with van der Waals surface area (Å²) < 4.78 is 0. The quantitative estimate of drug-likeness (QED) is 0.746. The van der Waals surface area contributed by atoms with Crippen molar-refractivity contribution in [3.05, 3.63) is 22.4 Å². The molecule has 5 nitrogen and oxygen atoms in total. The number of hydrogen-bond donors (Lipinski definition) is 3. The van der Waals surface area contributed by atoms with Crippen molar-refractivity contribution in [2.75, 3.05) is 0 Å². The van der Waals surface area contributed by atoms with E-state index in [1.807, 2.05) is 38.3 Å². The van der Waals surface area contributed by atoms with Gasteiger partial charge in [0.2, 0.25) is 5.91 Å². The van der Waals surface area contributed by atoms with Crippen LogP contribution in [0.25, 0.3) is 0 Å². The van der Waals surface area contributed by atoms with Crippen LogP contribution in [-0.2, 0) is 4.79 Å². The Bertz CT molecular complexity index is 418. The highest BCUT2D eigenvalue weighted by Gasteiger charge is 2.19. The van der Waals surface area contributed by atoms with Crippen LogP contribution in [0, 0.1) is 5.92 Å². The summed E-state index contributed by atoms with van der Waals surface area (Å²) in [4.78, 5) is 23.9. The first-order valence-corrected chi connectivity index (χ1v) is 7.16. The fourth-order valence-electron chi connectivity index (χ4n) is 1.55. The molecule has 1 aromatic rings. The Morgan fingerprint density at radius 1 is 1.32 bits per heavy atom. The van der Waals surface area contributed by atoms with Gasteiger partial charge in [-0.1, -0.05) is 19.9 Å². The predicted octanol–water partition coefficient (Wildman–Crippen LogP) is 2.01. The van der Waals surface area contributed by atoms with E-state index in [0.29, 0.717) is 5.92 Å². The second kappa shape index (κ2) is 7.13. The molecule has 0 saturated carbocycles. The minimum atomic E-state index is -0.622. The number of urea groups is 1. The third-order valence-electron chi connectivity index (χ3n) is 2.98. The Labute approximate surface area is 117 Å². The van der Waals surface area contributed by atoms with Crippen LogP contribution in [0.2, 0.25) is 0 Å². The van der Waals surface area contributed by atoms with Gasteiger partial charge in [0.1, 0.15) is 0 Å². The van der Waals surface area contributed by atoms with E-state index in [1.165, 1.54) is 11.3 Å². The Kier molecular flexibility index (Phi) is 5.82. The zero-order valence-corrected chi connectivity index (χ0v) is 12.3. The first-order valence-electron chi connectivity index (χ1n) is 6.29. The lowest BCUT2D eigenvalue weighted by molar-refractivity contribution is -0.122. The predicted molar refractivity (Wildman–Crippen MR) is 76.8 cm³/mol. The number of carbonyl (C=O) groups excluding carboxylic acids is 2. The van der Waals surface area contributed by atoms with E-state index < -0.39 is 6.03 Å². The number of nitrogens with one attached hydrogen (secondary N) is 2. The van der Waals surface area contributed by atoms with Crippen LogP contribution in [0.3, 0.4) is 0 Å². The molecule has 3 amide bonds. The molecule has 1 rings (SSSR count). The van der Waals surface area contributed by atoms with Crippen LogP contribution < -0.4 is 16.4 Å². The van der Waals surface area contributed by atoms with Gasteiger partial charge in [0.25, 0.3) is 0 Å². The average Bonchev–Trinajstić information content (AvgIpc) is 2.80. The summed E-state index contributed by atoms with van der Waals surface area (Å²) in [5.74, 6) is 0.279. The summed E-state index contributed by atoms with van der Waals surface area (Å²) in [5.41, 5.74) is 5.15. The van der Waals surface area contributed by atoms with Gasteiger partial charge in [0.05, 0.1) is 12.5 Å². The number of rotatable bonds is 6. The van der Waals surface area contributed by atoms with Crippen molar-refractivity contribution in [3.8, 4) is 0 Å². The molecule has 19 heavy (non-hydrogen) atoms. The largest absolute Gasteiger partial charge is 0.353 e. The van der Waals surface area contributed by atoms with Gasteiger partial charge in [-0.3, -0.25) is 4.79 Å². The zero-order valence-electron chi connectivity index (χ0n) is 11.5. The molecule has 6 heteroatoms. The summed E-state index contributed by atoms with van der Waals surface area (Å²) in [6.07, 6.45) is 0.195. The first kappa shape index (κ1) is 15.5. The molecule has 106 valence electrons. The number of primary amides is 1. The molecule has 0 aliphatic carbocycles. The van der Waals surface area contributed by atoms with E-state index >= 15 is 0 Å². The molecule has 2 unspecified atom stereocenters. The topological polar surface area (TPSA) is 84.2 Å². The Morgan fingerprint density at radius 2 is 2.00 bits per heavy atom. The molecule has 0 radical (unpaired) electrons. The van der Waals surface area contributed by atoms with Crippen molar-refractivity contribution in [3.63, 3.8) is 0 Å². The van der Waals surface area contributed by atoms with Gasteiger partial charge in [-0.2, -0.15) is 0 Å². The van der Waals surface area contributed by atoms with Crippen molar-refractivity contribution in [2.45, 2.75) is 39.3 Å². The molecular weight excluding hydrogens is 262 g/mol. The lowest BCUT2D eigenvalue weighted by Gasteiger charge is -2.20. The Hall–Kier alpha value is -1.56. The van der Waals surface area contributed by atoms with Crippen molar-refractivity contribution >= 4 is 23.3 Å². The summed E-state index contributed by atoms with van der Waals surface area (Å²) in [6, 6.07) is 2.87. The van der Waals surface area contributed by atoms with Gasteiger partial charge in [0.15, 0.2) is 0 Å². The van der Waals surface area contributed by atoms with E-state index in [-0.39, 0.29) is 24.4 Å². The van der Waals surface area contributed by atoms with Crippen LogP contribution >= 0.6 is 11.3 Å². The van der Waals surface area contributed by atoms with Crippen molar-refractivity contribution < 1.29 is 9.59 Å². The highest BCUT2D eigenvalue weighted by Crippen LogP contribution is 2.22. The zero-order chi connectivity index (χ0) is 14.4. The van der Waals surface area contributed by atoms with E-state index in [1.54, 1.807) is 0 Å².